The normalized spacial score (nSPS) is 13.9. The third-order valence-corrected chi connectivity index (χ3v) is 6.03. The molecule has 0 unspecified atom stereocenters. The smallest absolute Gasteiger partial charge is 0.253 e. The molecule has 4 rings (SSSR count). The van der Waals surface area contributed by atoms with Crippen molar-refractivity contribution in [1.82, 2.24) is 4.90 Å². The van der Waals surface area contributed by atoms with E-state index in [0.29, 0.717) is 28.8 Å². The molecule has 0 saturated carbocycles. The fourth-order valence-corrected chi connectivity index (χ4v) is 4.14. The van der Waals surface area contributed by atoms with Crippen molar-refractivity contribution in [2.24, 2.45) is 0 Å². The molecular weight excluding hydrogens is 457 g/mol. The summed E-state index contributed by atoms with van der Waals surface area (Å²) in [5.74, 6) is -0.178. The molecule has 1 aliphatic heterocycles. The zero-order valence-corrected chi connectivity index (χ0v) is 19.4. The summed E-state index contributed by atoms with van der Waals surface area (Å²) in [4.78, 5) is 29.0. The second kappa shape index (κ2) is 10.6. The zero-order chi connectivity index (χ0) is 23.2. The third kappa shape index (κ3) is 5.95. The lowest BCUT2D eigenvalue weighted by Crippen LogP contribution is -2.48. The number of amides is 2. The van der Waals surface area contributed by atoms with E-state index in [4.69, 9.17) is 23.2 Å². The van der Waals surface area contributed by atoms with E-state index in [-0.39, 0.29) is 11.8 Å². The quantitative estimate of drug-likeness (QED) is 0.484. The number of piperazine rings is 1. The molecule has 33 heavy (non-hydrogen) atoms. The maximum atomic E-state index is 12.6. The highest BCUT2D eigenvalue weighted by molar-refractivity contribution is 6.35. The van der Waals surface area contributed by atoms with Crippen LogP contribution in [0.5, 0.6) is 0 Å². The number of nitrogens with one attached hydrogen (secondary N) is 1. The van der Waals surface area contributed by atoms with Crippen molar-refractivity contribution in [2.45, 2.75) is 0 Å². The van der Waals surface area contributed by atoms with Crippen LogP contribution in [0.1, 0.15) is 15.9 Å². The molecule has 5 nitrogen and oxygen atoms in total. The van der Waals surface area contributed by atoms with E-state index in [1.54, 1.807) is 24.3 Å². The van der Waals surface area contributed by atoms with Crippen molar-refractivity contribution >= 4 is 52.5 Å². The van der Waals surface area contributed by atoms with Gasteiger partial charge < -0.3 is 15.1 Å². The fourth-order valence-electron chi connectivity index (χ4n) is 3.67. The van der Waals surface area contributed by atoms with E-state index in [0.717, 1.165) is 29.9 Å². The molecule has 7 heteroatoms. The van der Waals surface area contributed by atoms with Crippen LogP contribution in [0.3, 0.4) is 0 Å². The summed E-state index contributed by atoms with van der Waals surface area (Å²) in [5.41, 5.74) is 3.20. The molecule has 1 N–H and O–H groups in total. The molecular formula is C26H23Cl2N3O2. The molecule has 3 aromatic carbocycles. The zero-order valence-electron chi connectivity index (χ0n) is 17.9. The first-order valence-corrected chi connectivity index (χ1v) is 11.4. The highest BCUT2D eigenvalue weighted by Gasteiger charge is 2.22. The molecule has 1 saturated heterocycles. The van der Waals surface area contributed by atoms with Crippen molar-refractivity contribution < 1.29 is 9.59 Å². The van der Waals surface area contributed by atoms with Crippen LogP contribution in [0.4, 0.5) is 11.4 Å². The van der Waals surface area contributed by atoms with Gasteiger partial charge in [0.25, 0.3) is 5.91 Å². The van der Waals surface area contributed by atoms with Crippen LogP contribution in [0, 0.1) is 0 Å². The summed E-state index contributed by atoms with van der Waals surface area (Å²) < 4.78 is 0. The largest absolute Gasteiger partial charge is 0.368 e. The van der Waals surface area contributed by atoms with Gasteiger partial charge in [-0.05, 0) is 60.2 Å². The standard InChI is InChI=1S/C26H23Cl2N3O2/c27-21-8-6-19(24(28)18-21)7-13-25(32)29-22-9-11-23(12-10-22)30-14-16-31(17-15-30)26(33)20-4-2-1-3-5-20/h1-13,18H,14-17H2,(H,29,32)/b13-7+. The van der Waals surface area contributed by atoms with Crippen LogP contribution >= 0.6 is 23.2 Å². The monoisotopic (exact) mass is 479 g/mol. The fraction of sp³-hybridized carbons (Fsp3) is 0.154. The van der Waals surface area contributed by atoms with Gasteiger partial charge in [-0.15, -0.1) is 0 Å². The Kier molecular flexibility index (Phi) is 7.33. The molecule has 2 amide bonds. The summed E-state index contributed by atoms with van der Waals surface area (Å²) in [6, 6.07) is 22.2. The molecule has 1 heterocycles. The first kappa shape index (κ1) is 22.9. The van der Waals surface area contributed by atoms with Crippen molar-refractivity contribution in [2.75, 3.05) is 36.4 Å². The molecule has 1 fully saturated rings. The van der Waals surface area contributed by atoms with Crippen LogP contribution in [-0.2, 0) is 4.79 Å². The Balaban J connectivity index is 1.30. The van der Waals surface area contributed by atoms with Crippen molar-refractivity contribution in [3.63, 3.8) is 0 Å². The van der Waals surface area contributed by atoms with Gasteiger partial charge in [0, 0.05) is 59.2 Å². The number of carbonyl (C=O) groups is 2. The predicted molar refractivity (Wildman–Crippen MR) is 135 cm³/mol. The lowest BCUT2D eigenvalue weighted by atomic mass is 10.1. The van der Waals surface area contributed by atoms with Gasteiger partial charge >= 0.3 is 0 Å². The predicted octanol–water partition coefficient (Wildman–Crippen LogP) is 5.61. The number of carbonyl (C=O) groups excluding carboxylic acids is 2. The van der Waals surface area contributed by atoms with Crippen LogP contribution < -0.4 is 10.2 Å². The molecule has 168 valence electrons. The second-order valence-corrected chi connectivity index (χ2v) is 8.52. The number of hydrogen-bond donors (Lipinski definition) is 1. The SMILES string of the molecule is O=C(/C=C/c1ccc(Cl)cc1Cl)Nc1ccc(N2CCN(C(=O)c3ccccc3)CC2)cc1. The number of anilines is 2. The summed E-state index contributed by atoms with van der Waals surface area (Å²) in [5, 5.41) is 3.88. The Labute approximate surface area is 203 Å². The van der Waals surface area contributed by atoms with E-state index in [1.807, 2.05) is 59.5 Å². The van der Waals surface area contributed by atoms with E-state index in [2.05, 4.69) is 10.2 Å². The minimum Gasteiger partial charge on any atom is -0.368 e. The number of rotatable bonds is 5. The molecule has 3 aromatic rings. The first-order valence-electron chi connectivity index (χ1n) is 10.6. The summed E-state index contributed by atoms with van der Waals surface area (Å²) in [6.45, 7) is 2.86. The maximum absolute atomic E-state index is 12.6. The van der Waals surface area contributed by atoms with Gasteiger partial charge in [-0.2, -0.15) is 0 Å². The lowest BCUT2D eigenvalue weighted by molar-refractivity contribution is -0.111. The molecule has 0 aliphatic carbocycles. The highest BCUT2D eigenvalue weighted by atomic mass is 35.5. The third-order valence-electron chi connectivity index (χ3n) is 5.46. The van der Waals surface area contributed by atoms with Gasteiger partial charge in [0.1, 0.15) is 0 Å². The Hall–Kier alpha value is -3.28. The van der Waals surface area contributed by atoms with Crippen LogP contribution in [0.25, 0.3) is 6.08 Å². The molecule has 0 spiro atoms. The van der Waals surface area contributed by atoms with Crippen molar-refractivity contribution in [3.8, 4) is 0 Å². The average molecular weight is 480 g/mol. The Morgan fingerprint density at radius 3 is 2.21 bits per heavy atom. The molecule has 0 aromatic heterocycles. The first-order chi connectivity index (χ1) is 16.0. The molecule has 0 atom stereocenters. The average Bonchev–Trinajstić information content (AvgIpc) is 2.84. The van der Waals surface area contributed by atoms with Gasteiger partial charge in [-0.25, -0.2) is 0 Å². The topological polar surface area (TPSA) is 52.7 Å². The van der Waals surface area contributed by atoms with Crippen LogP contribution in [0.2, 0.25) is 10.0 Å². The Morgan fingerprint density at radius 1 is 0.848 bits per heavy atom. The minimum atomic E-state index is -0.248. The van der Waals surface area contributed by atoms with Gasteiger partial charge in [0.05, 0.1) is 0 Å². The van der Waals surface area contributed by atoms with E-state index >= 15 is 0 Å². The van der Waals surface area contributed by atoms with Crippen LogP contribution in [-0.4, -0.2) is 42.9 Å². The van der Waals surface area contributed by atoms with E-state index in [1.165, 1.54) is 6.08 Å². The van der Waals surface area contributed by atoms with Crippen molar-refractivity contribution in [3.05, 3.63) is 100 Å². The number of halogens is 2. The number of nitrogens with zero attached hydrogens (tertiary/aromatic N) is 2. The van der Waals surface area contributed by atoms with Gasteiger partial charge in [0.2, 0.25) is 5.91 Å². The summed E-state index contributed by atoms with van der Waals surface area (Å²) in [7, 11) is 0. The van der Waals surface area contributed by atoms with Crippen molar-refractivity contribution in [1.29, 1.82) is 0 Å². The highest BCUT2D eigenvalue weighted by Crippen LogP contribution is 2.23. The second-order valence-electron chi connectivity index (χ2n) is 7.68. The van der Waals surface area contributed by atoms with Gasteiger partial charge in [0.15, 0.2) is 0 Å². The van der Waals surface area contributed by atoms with Gasteiger partial charge in [-0.1, -0.05) is 47.5 Å². The number of benzene rings is 3. The molecule has 0 bridgehead atoms. The Morgan fingerprint density at radius 2 is 1.55 bits per heavy atom. The lowest BCUT2D eigenvalue weighted by Gasteiger charge is -2.36. The maximum Gasteiger partial charge on any atom is 0.253 e. The number of hydrogen-bond acceptors (Lipinski definition) is 3. The van der Waals surface area contributed by atoms with E-state index < -0.39 is 0 Å². The van der Waals surface area contributed by atoms with E-state index in [9.17, 15) is 9.59 Å². The summed E-state index contributed by atoms with van der Waals surface area (Å²) in [6.07, 6.45) is 3.09. The molecule has 0 radical (unpaired) electrons. The Bertz CT molecular complexity index is 1160. The van der Waals surface area contributed by atoms with Crippen LogP contribution in [0.15, 0.2) is 78.9 Å². The minimum absolute atomic E-state index is 0.0706. The molecule has 1 aliphatic rings. The van der Waals surface area contributed by atoms with Gasteiger partial charge in [-0.3, -0.25) is 9.59 Å². The summed E-state index contributed by atoms with van der Waals surface area (Å²) >= 11 is 12.0.